The van der Waals surface area contributed by atoms with E-state index in [4.69, 9.17) is 0 Å². The number of rotatable bonds is 6. The molecule has 2 aromatic rings. The average molecular weight is 304 g/mol. The summed E-state index contributed by atoms with van der Waals surface area (Å²) in [6, 6.07) is 9.44. The van der Waals surface area contributed by atoms with Gasteiger partial charge in [0.2, 0.25) is 5.91 Å². The normalized spacial score (nSPS) is 10.9. The van der Waals surface area contributed by atoms with Crippen LogP contribution < -0.4 is 5.32 Å². The van der Waals surface area contributed by atoms with Gasteiger partial charge in [-0.2, -0.15) is 0 Å². The van der Waals surface area contributed by atoms with E-state index in [9.17, 15) is 4.79 Å². The van der Waals surface area contributed by atoms with E-state index >= 15 is 0 Å². The molecule has 0 aliphatic heterocycles. The van der Waals surface area contributed by atoms with Gasteiger partial charge < -0.3 is 9.88 Å². The number of amides is 1. The van der Waals surface area contributed by atoms with Gasteiger partial charge in [0.1, 0.15) is 5.82 Å². The zero-order valence-electron chi connectivity index (χ0n) is 12.5. The molecular weight excluding hydrogens is 284 g/mol. The smallest absolute Gasteiger partial charge is 0.234 e. The van der Waals surface area contributed by atoms with Crippen molar-refractivity contribution in [3.05, 3.63) is 36.2 Å². The van der Waals surface area contributed by atoms with Gasteiger partial charge in [-0.25, -0.2) is 0 Å². The Balaban J connectivity index is 1.88. The van der Waals surface area contributed by atoms with E-state index in [0.717, 1.165) is 23.1 Å². The first-order valence-corrected chi connectivity index (χ1v) is 7.90. The Kier molecular flexibility index (Phi) is 5.38. The first-order valence-electron chi connectivity index (χ1n) is 6.92. The molecule has 1 N–H and O–H groups in total. The molecule has 0 fully saturated rings. The summed E-state index contributed by atoms with van der Waals surface area (Å²) >= 11 is 1.40. The van der Waals surface area contributed by atoms with E-state index in [2.05, 4.69) is 29.4 Å². The Morgan fingerprint density at radius 2 is 2.00 bits per heavy atom. The fourth-order valence-corrected chi connectivity index (χ4v) is 2.59. The minimum atomic E-state index is -0.0420. The lowest BCUT2D eigenvalue weighted by atomic mass is 10.1. The van der Waals surface area contributed by atoms with Gasteiger partial charge in [-0.05, 0) is 18.1 Å². The number of hydrogen-bond acceptors (Lipinski definition) is 4. The Bertz CT molecular complexity index is 595. The lowest BCUT2D eigenvalue weighted by Gasteiger charge is -2.06. The molecular formula is C15H20N4OS. The van der Waals surface area contributed by atoms with E-state index in [1.807, 2.05) is 41.9 Å². The summed E-state index contributed by atoms with van der Waals surface area (Å²) < 4.78 is 1.96. The van der Waals surface area contributed by atoms with Crippen LogP contribution in [-0.4, -0.2) is 26.4 Å². The molecule has 0 spiro atoms. The number of anilines is 1. The first-order chi connectivity index (χ1) is 10.1. The molecule has 0 saturated carbocycles. The Labute approximate surface area is 129 Å². The highest BCUT2D eigenvalue weighted by atomic mass is 32.2. The number of nitrogens with one attached hydrogen (secondary N) is 1. The molecule has 0 saturated heterocycles. The van der Waals surface area contributed by atoms with E-state index in [1.165, 1.54) is 11.8 Å². The highest BCUT2D eigenvalue weighted by Crippen LogP contribution is 2.17. The maximum Gasteiger partial charge on any atom is 0.234 e. The fourth-order valence-electron chi connectivity index (χ4n) is 1.86. The predicted octanol–water partition coefficient (Wildman–Crippen LogP) is 2.74. The summed E-state index contributed by atoms with van der Waals surface area (Å²) in [5, 5.41) is 11.9. The molecule has 0 aliphatic rings. The molecule has 2 rings (SSSR count). The third-order valence-electron chi connectivity index (χ3n) is 2.91. The molecule has 5 nitrogen and oxygen atoms in total. The molecule has 1 heterocycles. The van der Waals surface area contributed by atoms with E-state index in [-0.39, 0.29) is 5.91 Å². The summed E-state index contributed by atoms with van der Waals surface area (Å²) in [5.41, 5.74) is 0.807. The summed E-state index contributed by atoms with van der Waals surface area (Å²) in [7, 11) is 1.94. The lowest BCUT2D eigenvalue weighted by molar-refractivity contribution is -0.113. The Hall–Kier alpha value is -1.82. The molecule has 1 aromatic carbocycles. The fraction of sp³-hybridized carbons (Fsp3) is 0.400. The molecule has 0 radical (unpaired) electrons. The molecule has 21 heavy (non-hydrogen) atoms. The molecule has 0 unspecified atom stereocenters. The molecule has 1 amide bonds. The van der Waals surface area contributed by atoms with Crippen LogP contribution in [0.15, 0.2) is 35.5 Å². The highest BCUT2D eigenvalue weighted by Gasteiger charge is 2.12. The summed E-state index contributed by atoms with van der Waals surface area (Å²) in [4.78, 5) is 11.9. The zero-order valence-corrected chi connectivity index (χ0v) is 13.4. The topological polar surface area (TPSA) is 59.8 Å². The van der Waals surface area contributed by atoms with Crippen molar-refractivity contribution in [2.75, 3.05) is 11.1 Å². The molecule has 112 valence electrons. The lowest BCUT2D eigenvalue weighted by Crippen LogP contribution is -2.14. The van der Waals surface area contributed by atoms with Crippen LogP contribution in [0.4, 0.5) is 5.69 Å². The van der Waals surface area contributed by atoms with Crippen molar-refractivity contribution in [2.45, 2.75) is 25.4 Å². The number of benzene rings is 1. The highest BCUT2D eigenvalue weighted by molar-refractivity contribution is 7.99. The van der Waals surface area contributed by atoms with Crippen LogP contribution in [0.3, 0.4) is 0 Å². The van der Waals surface area contributed by atoms with Gasteiger partial charge in [0, 0.05) is 19.2 Å². The largest absolute Gasteiger partial charge is 0.325 e. The number of thioether (sulfide) groups is 1. The number of carbonyl (C=O) groups excluding carboxylic acids is 1. The maximum atomic E-state index is 11.9. The molecule has 0 bridgehead atoms. The van der Waals surface area contributed by atoms with E-state index < -0.39 is 0 Å². The van der Waals surface area contributed by atoms with Crippen LogP contribution >= 0.6 is 11.8 Å². The van der Waals surface area contributed by atoms with Gasteiger partial charge in [0.15, 0.2) is 5.16 Å². The third kappa shape index (κ3) is 4.60. The predicted molar refractivity (Wildman–Crippen MR) is 85.3 cm³/mol. The van der Waals surface area contributed by atoms with E-state index in [1.54, 1.807) is 0 Å². The quantitative estimate of drug-likeness (QED) is 0.834. The van der Waals surface area contributed by atoms with Gasteiger partial charge in [0.05, 0.1) is 5.75 Å². The second-order valence-corrected chi connectivity index (χ2v) is 6.20. The van der Waals surface area contributed by atoms with Crippen LogP contribution in [0, 0.1) is 5.92 Å². The summed E-state index contributed by atoms with van der Waals surface area (Å²) in [6.45, 7) is 4.30. The van der Waals surface area contributed by atoms with Crippen molar-refractivity contribution >= 4 is 23.4 Å². The standard InChI is InChI=1S/C15H20N4OS/c1-11(2)9-13-17-18-15(19(13)3)21-10-14(20)16-12-7-5-4-6-8-12/h4-8,11H,9-10H2,1-3H3,(H,16,20). The van der Waals surface area contributed by atoms with E-state index in [0.29, 0.717) is 11.7 Å². The zero-order chi connectivity index (χ0) is 15.2. The monoisotopic (exact) mass is 304 g/mol. The van der Waals surface area contributed by atoms with Gasteiger partial charge >= 0.3 is 0 Å². The number of nitrogens with zero attached hydrogens (tertiary/aromatic N) is 3. The average Bonchev–Trinajstić information content (AvgIpc) is 2.78. The van der Waals surface area contributed by atoms with Crippen molar-refractivity contribution < 1.29 is 4.79 Å². The number of hydrogen-bond donors (Lipinski definition) is 1. The van der Waals surface area contributed by atoms with Crippen LogP contribution in [0.5, 0.6) is 0 Å². The number of para-hydroxylation sites is 1. The van der Waals surface area contributed by atoms with Gasteiger partial charge in [-0.15, -0.1) is 10.2 Å². The second kappa shape index (κ2) is 7.26. The van der Waals surface area contributed by atoms with Crippen LogP contribution in [0.1, 0.15) is 19.7 Å². The number of carbonyl (C=O) groups is 1. The third-order valence-corrected chi connectivity index (χ3v) is 3.93. The van der Waals surface area contributed by atoms with Crippen LogP contribution in [0.2, 0.25) is 0 Å². The molecule has 0 atom stereocenters. The minimum absolute atomic E-state index is 0.0420. The minimum Gasteiger partial charge on any atom is -0.325 e. The van der Waals surface area contributed by atoms with Crippen molar-refractivity contribution in [1.82, 2.24) is 14.8 Å². The van der Waals surface area contributed by atoms with Crippen molar-refractivity contribution in [1.29, 1.82) is 0 Å². The Morgan fingerprint density at radius 3 is 2.67 bits per heavy atom. The van der Waals surface area contributed by atoms with Crippen LogP contribution in [-0.2, 0) is 18.3 Å². The Morgan fingerprint density at radius 1 is 1.29 bits per heavy atom. The summed E-state index contributed by atoms with van der Waals surface area (Å²) in [6.07, 6.45) is 0.889. The first kappa shape index (κ1) is 15.6. The summed E-state index contributed by atoms with van der Waals surface area (Å²) in [5.74, 6) is 1.77. The maximum absolute atomic E-state index is 11.9. The van der Waals surface area contributed by atoms with Crippen molar-refractivity contribution in [3.8, 4) is 0 Å². The molecule has 1 aromatic heterocycles. The second-order valence-electron chi connectivity index (χ2n) is 5.26. The van der Waals surface area contributed by atoms with Gasteiger partial charge in [-0.1, -0.05) is 43.8 Å². The SMILES string of the molecule is CC(C)Cc1nnc(SCC(=O)Nc2ccccc2)n1C. The molecule has 6 heteroatoms. The van der Waals surface area contributed by atoms with Crippen molar-refractivity contribution in [2.24, 2.45) is 13.0 Å². The molecule has 0 aliphatic carbocycles. The van der Waals surface area contributed by atoms with Gasteiger partial charge in [0.25, 0.3) is 0 Å². The number of aromatic nitrogens is 3. The van der Waals surface area contributed by atoms with Crippen LogP contribution in [0.25, 0.3) is 0 Å². The van der Waals surface area contributed by atoms with Gasteiger partial charge in [-0.3, -0.25) is 4.79 Å². The van der Waals surface area contributed by atoms with Crippen molar-refractivity contribution in [3.63, 3.8) is 0 Å².